The van der Waals surface area contributed by atoms with Gasteiger partial charge in [0.1, 0.15) is 16.7 Å². The zero-order valence-corrected chi connectivity index (χ0v) is 16.5. The third kappa shape index (κ3) is 2.83. The Labute approximate surface area is 170 Å². The van der Waals surface area contributed by atoms with Crippen molar-refractivity contribution in [1.82, 2.24) is 0 Å². The van der Waals surface area contributed by atoms with Gasteiger partial charge in [0.2, 0.25) is 5.91 Å². The number of amides is 1. The molecule has 154 valence electrons. The fourth-order valence-corrected chi connectivity index (χ4v) is 6.67. The molecule has 6 nitrogen and oxygen atoms in total. The lowest BCUT2D eigenvalue weighted by Crippen LogP contribution is -2.60. The predicted octanol–water partition coefficient (Wildman–Crippen LogP) is 2.57. The fourth-order valence-electron chi connectivity index (χ4n) is 4.23. The number of ether oxygens (including phenoxy) is 2. The number of carbonyl (C=O) groups excluding carboxylic acids is 1. The van der Waals surface area contributed by atoms with E-state index in [1.807, 2.05) is 0 Å². The van der Waals surface area contributed by atoms with E-state index in [-0.39, 0.29) is 24.5 Å². The van der Waals surface area contributed by atoms with Gasteiger partial charge in [-0.1, -0.05) is 11.6 Å². The lowest BCUT2D eigenvalue weighted by atomic mass is 9.75. The van der Waals surface area contributed by atoms with Gasteiger partial charge < -0.3 is 15.2 Å². The molecule has 2 aromatic carbocycles. The molecule has 0 spiro atoms. The van der Waals surface area contributed by atoms with Crippen LogP contribution < -0.4 is 10.5 Å². The van der Waals surface area contributed by atoms with Crippen molar-refractivity contribution in [3.05, 3.63) is 58.6 Å². The molecule has 1 saturated heterocycles. The van der Waals surface area contributed by atoms with Crippen molar-refractivity contribution in [3.8, 4) is 5.75 Å². The van der Waals surface area contributed by atoms with Crippen molar-refractivity contribution in [3.63, 3.8) is 0 Å². The first-order chi connectivity index (χ1) is 13.7. The second-order valence-corrected chi connectivity index (χ2v) is 9.58. The average Bonchev–Trinajstić information content (AvgIpc) is 2.69. The van der Waals surface area contributed by atoms with E-state index < -0.39 is 55.5 Å². The van der Waals surface area contributed by atoms with Gasteiger partial charge in [0.15, 0.2) is 21.4 Å². The molecular formula is C19H16ClF2NO5S. The number of halogens is 3. The molecule has 0 saturated carbocycles. The van der Waals surface area contributed by atoms with E-state index >= 15 is 4.39 Å². The summed E-state index contributed by atoms with van der Waals surface area (Å²) in [5, 5.41) is 0.310. The lowest BCUT2D eigenvalue weighted by molar-refractivity contribution is -0.143. The van der Waals surface area contributed by atoms with Gasteiger partial charge in [-0.15, -0.1) is 0 Å². The molecule has 2 aliphatic rings. The van der Waals surface area contributed by atoms with E-state index in [9.17, 15) is 17.6 Å². The smallest absolute Gasteiger partial charge is 0.247 e. The highest BCUT2D eigenvalue weighted by atomic mass is 35.5. The average molecular weight is 444 g/mol. The van der Waals surface area contributed by atoms with E-state index in [0.717, 1.165) is 12.1 Å². The van der Waals surface area contributed by atoms with E-state index in [1.165, 1.54) is 24.3 Å². The molecule has 29 heavy (non-hydrogen) atoms. The van der Waals surface area contributed by atoms with Crippen LogP contribution >= 0.6 is 11.6 Å². The van der Waals surface area contributed by atoms with Crippen LogP contribution in [0.2, 0.25) is 5.02 Å². The maximum absolute atomic E-state index is 15.0. The summed E-state index contributed by atoms with van der Waals surface area (Å²) in [6, 6.07) is 7.03. The minimum atomic E-state index is -4.35. The normalized spacial score (nSPS) is 26.2. The number of nitrogens with two attached hydrogens (primary N) is 1. The van der Waals surface area contributed by atoms with Crippen LogP contribution in [0.4, 0.5) is 8.78 Å². The van der Waals surface area contributed by atoms with Crippen LogP contribution in [-0.4, -0.2) is 33.6 Å². The maximum atomic E-state index is 15.0. The summed E-state index contributed by atoms with van der Waals surface area (Å²) >= 11 is 5.87. The number of fused-ring (bicyclic) bond motifs is 3. The number of hydrogen-bond donors (Lipinski definition) is 1. The molecule has 0 bridgehead atoms. The van der Waals surface area contributed by atoms with Gasteiger partial charge in [-0.2, -0.15) is 0 Å². The molecule has 2 aliphatic heterocycles. The van der Waals surface area contributed by atoms with E-state index in [4.69, 9.17) is 26.8 Å². The van der Waals surface area contributed by atoms with Gasteiger partial charge in [0.25, 0.3) is 0 Å². The summed E-state index contributed by atoms with van der Waals surface area (Å²) in [4.78, 5) is 11.8. The highest BCUT2D eigenvalue weighted by Crippen LogP contribution is 2.55. The third-order valence-electron chi connectivity index (χ3n) is 5.51. The largest absolute Gasteiger partial charge is 0.490 e. The van der Waals surface area contributed by atoms with Crippen molar-refractivity contribution in [1.29, 1.82) is 0 Å². The van der Waals surface area contributed by atoms with Crippen LogP contribution in [0, 0.1) is 17.6 Å². The molecule has 2 unspecified atom stereocenters. The van der Waals surface area contributed by atoms with Gasteiger partial charge in [0, 0.05) is 11.6 Å². The first-order valence-corrected chi connectivity index (χ1v) is 10.6. The Hall–Kier alpha value is -2.23. The van der Waals surface area contributed by atoms with Gasteiger partial charge in [0.05, 0.1) is 23.0 Å². The van der Waals surface area contributed by atoms with Crippen LogP contribution in [-0.2, 0) is 24.1 Å². The molecule has 2 heterocycles. The number of carbonyl (C=O) groups is 1. The number of primary amides is 1. The van der Waals surface area contributed by atoms with Gasteiger partial charge in [-0.3, -0.25) is 4.79 Å². The molecule has 1 fully saturated rings. The molecule has 4 rings (SSSR count). The molecule has 0 aromatic heterocycles. The number of sulfone groups is 1. The number of benzene rings is 2. The van der Waals surface area contributed by atoms with Gasteiger partial charge in [-0.05, 0) is 42.8 Å². The van der Waals surface area contributed by atoms with Crippen molar-refractivity contribution in [2.75, 3.05) is 13.2 Å². The predicted molar refractivity (Wildman–Crippen MR) is 99.2 cm³/mol. The zero-order valence-electron chi connectivity index (χ0n) is 14.9. The highest BCUT2D eigenvalue weighted by molar-refractivity contribution is 7.92. The molecule has 10 heteroatoms. The van der Waals surface area contributed by atoms with Crippen molar-refractivity contribution < 1.29 is 31.5 Å². The minimum absolute atomic E-state index is 0.145. The molecule has 0 aliphatic carbocycles. The van der Waals surface area contributed by atoms with Crippen LogP contribution in [0.15, 0.2) is 41.3 Å². The Balaban J connectivity index is 2.05. The second kappa shape index (κ2) is 6.93. The second-order valence-electron chi connectivity index (χ2n) is 6.94. The minimum Gasteiger partial charge on any atom is -0.490 e. The van der Waals surface area contributed by atoms with E-state index in [1.54, 1.807) is 0 Å². The van der Waals surface area contributed by atoms with Crippen LogP contribution in [0.5, 0.6) is 5.75 Å². The lowest BCUT2D eigenvalue weighted by Gasteiger charge is -2.49. The molecular weight excluding hydrogens is 428 g/mol. The number of hydrogen-bond acceptors (Lipinski definition) is 5. The molecule has 2 N–H and O–H groups in total. The van der Waals surface area contributed by atoms with Crippen molar-refractivity contribution >= 4 is 27.3 Å². The Morgan fingerprint density at radius 3 is 2.45 bits per heavy atom. The summed E-state index contributed by atoms with van der Waals surface area (Å²) in [6.07, 6.45) is -1.55. The van der Waals surface area contributed by atoms with E-state index in [0.29, 0.717) is 5.02 Å². The Bertz CT molecular complexity index is 1090. The Kier molecular flexibility index (Phi) is 4.79. The van der Waals surface area contributed by atoms with Crippen molar-refractivity contribution in [2.24, 2.45) is 11.7 Å². The maximum Gasteiger partial charge on any atom is 0.247 e. The summed E-state index contributed by atoms with van der Waals surface area (Å²) in [6.45, 7) is -0.569. The van der Waals surface area contributed by atoms with Crippen LogP contribution in [0.3, 0.4) is 0 Å². The molecule has 3 atom stereocenters. The zero-order chi connectivity index (χ0) is 21.0. The van der Waals surface area contributed by atoms with Crippen molar-refractivity contribution in [2.45, 2.75) is 22.2 Å². The Morgan fingerprint density at radius 1 is 1.14 bits per heavy atom. The van der Waals surface area contributed by atoms with Gasteiger partial charge >= 0.3 is 0 Å². The van der Waals surface area contributed by atoms with Crippen LogP contribution in [0.1, 0.15) is 12.0 Å². The first-order valence-electron chi connectivity index (χ1n) is 8.72. The number of rotatable bonds is 3. The Morgan fingerprint density at radius 2 is 1.79 bits per heavy atom. The fraction of sp³-hybridized carbons (Fsp3) is 0.316. The molecule has 0 radical (unpaired) electrons. The topological polar surface area (TPSA) is 95.7 Å². The third-order valence-corrected chi connectivity index (χ3v) is 8.32. The van der Waals surface area contributed by atoms with Crippen LogP contribution in [0.25, 0.3) is 0 Å². The first kappa shape index (κ1) is 20.1. The summed E-state index contributed by atoms with van der Waals surface area (Å²) in [5.41, 5.74) is 4.98. The molecule has 2 aromatic rings. The SMILES string of the molecule is NC(=O)[C@@H]1OCCC2(S(=O)(=O)c3ccc(Cl)cc3)c3c(F)ccc(F)c3OCC12. The summed E-state index contributed by atoms with van der Waals surface area (Å²) in [7, 11) is -4.35. The quantitative estimate of drug-likeness (QED) is 0.786. The highest BCUT2D eigenvalue weighted by Gasteiger charge is 2.62. The van der Waals surface area contributed by atoms with E-state index in [2.05, 4.69) is 0 Å². The monoisotopic (exact) mass is 443 g/mol. The van der Waals surface area contributed by atoms with Gasteiger partial charge in [-0.25, -0.2) is 17.2 Å². The molecule has 1 amide bonds. The summed E-state index contributed by atoms with van der Waals surface area (Å²) in [5.74, 6) is -4.40. The summed E-state index contributed by atoms with van der Waals surface area (Å²) < 4.78 is 66.0. The standard InChI is InChI=1S/C19H16ClF2NO5S/c20-10-1-3-11(4-2-10)29(25,26)19-7-8-27-16(18(23)24)12(19)9-28-17-14(22)6-5-13(21)15(17)19/h1-6,12,16H,7-9H2,(H2,23,24)/t12?,16-,19?/m1/s1.